The van der Waals surface area contributed by atoms with Crippen molar-refractivity contribution in [3.05, 3.63) is 70.9 Å². The molecule has 0 aromatic heterocycles. The summed E-state index contributed by atoms with van der Waals surface area (Å²) in [7, 11) is 0. The number of rotatable bonds is 7. The van der Waals surface area contributed by atoms with E-state index < -0.39 is 0 Å². The molecule has 174 valence electrons. The minimum atomic E-state index is -0.226. The van der Waals surface area contributed by atoms with E-state index in [1.807, 2.05) is 64.1 Å². The van der Waals surface area contributed by atoms with Crippen LogP contribution in [0.5, 0.6) is 0 Å². The molecule has 4 rings (SSSR count). The molecule has 0 saturated carbocycles. The van der Waals surface area contributed by atoms with Crippen LogP contribution in [0.2, 0.25) is 0 Å². The molecule has 0 radical (unpaired) electrons. The Labute approximate surface area is 196 Å². The van der Waals surface area contributed by atoms with Crippen molar-refractivity contribution in [1.29, 1.82) is 0 Å². The van der Waals surface area contributed by atoms with Crippen molar-refractivity contribution in [3.8, 4) is 0 Å². The van der Waals surface area contributed by atoms with Gasteiger partial charge in [0.1, 0.15) is 5.70 Å². The van der Waals surface area contributed by atoms with E-state index in [0.29, 0.717) is 31.0 Å². The molecule has 2 aliphatic heterocycles. The molecule has 6 heteroatoms. The van der Waals surface area contributed by atoms with Crippen LogP contribution in [-0.4, -0.2) is 67.0 Å². The lowest BCUT2D eigenvalue weighted by Crippen LogP contribution is -2.47. The summed E-state index contributed by atoms with van der Waals surface area (Å²) in [6, 6.07) is 16.3. The number of hydrogen-bond acceptors (Lipinski definition) is 5. The standard InChI is InChI=1S/C27H33N3O3/c1-19(2)33-17-16-30-26(31)24(22-11-10-20(3)21(4)18-22)25(27(30)32)29-14-12-28(13-15-29)23-8-6-5-7-9-23/h5-11,18-19H,12-17H2,1-4H3. The SMILES string of the molecule is Cc1ccc(C2=C(N3CCN(c4ccccc4)CC3)C(=O)N(CCOC(C)C)C2=O)cc1C. The molecule has 2 amide bonds. The molecule has 0 spiro atoms. The zero-order valence-electron chi connectivity index (χ0n) is 20.0. The molecule has 2 aliphatic rings. The quantitative estimate of drug-likeness (QED) is 0.607. The van der Waals surface area contributed by atoms with Gasteiger partial charge in [-0.05, 0) is 56.5 Å². The lowest BCUT2D eigenvalue weighted by atomic mass is 9.99. The molecule has 0 bridgehead atoms. The van der Waals surface area contributed by atoms with Crippen LogP contribution in [-0.2, 0) is 14.3 Å². The third kappa shape index (κ3) is 4.81. The number of hydrogen-bond donors (Lipinski definition) is 0. The van der Waals surface area contributed by atoms with Crippen LogP contribution in [0.3, 0.4) is 0 Å². The summed E-state index contributed by atoms with van der Waals surface area (Å²) in [6.45, 7) is 11.6. The molecule has 6 nitrogen and oxygen atoms in total. The maximum absolute atomic E-state index is 13.5. The molecule has 0 unspecified atom stereocenters. The Morgan fingerprint density at radius 2 is 1.52 bits per heavy atom. The molecule has 0 N–H and O–H groups in total. The number of imide groups is 1. The Bertz CT molecular complexity index is 1050. The Morgan fingerprint density at radius 1 is 0.848 bits per heavy atom. The summed E-state index contributed by atoms with van der Waals surface area (Å²) in [6.07, 6.45) is 0.0514. The molecule has 0 aliphatic carbocycles. The highest BCUT2D eigenvalue weighted by Gasteiger charge is 2.42. The monoisotopic (exact) mass is 447 g/mol. The van der Waals surface area contributed by atoms with Crippen molar-refractivity contribution in [2.24, 2.45) is 0 Å². The predicted molar refractivity (Wildman–Crippen MR) is 131 cm³/mol. The van der Waals surface area contributed by atoms with Crippen molar-refractivity contribution in [2.75, 3.05) is 44.2 Å². The van der Waals surface area contributed by atoms with Gasteiger partial charge in [0.15, 0.2) is 0 Å². The van der Waals surface area contributed by atoms with Gasteiger partial charge in [0.05, 0.1) is 24.8 Å². The van der Waals surface area contributed by atoms with Gasteiger partial charge in [0.2, 0.25) is 0 Å². The number of carbonyl (C=O) groups is 2. The first kappa shape index (κ1) is 23.1. The van der Waals surface area contributed by atoms with Crippen LogP contribution < -0.4 is 4.90 Å². The summed E-state index contributed by atoms with van der Waals surface area (Å²) >= 11 is 0. The number of nitrogens with zero attached hydrogens (tertiary/aromatic N) is 3. The maximum Gasteiger partial charge on any atom is 0.277 e. The minimum Gasteiger partial charge on any atom is -0.377 e. The minimum absolute atomic E-state index is 0.0514. The number of benzene rings is 2. The first-order chi connectivity index (χ1) is 15.9. The summed E-state index contributed by atoms with van der Waals surface area (Å²) < 4.78 is 5.64. The topological polar surface area (TPSA) is 53.1 Å². The fourth-order valence-electron chi connectivity index (χ4n) is 4.42. The third-order valence-corrected chi connectivity index (χ3v) is 6.42. The highest BCUT2D eigenvalue weighted by molar-refractivity contribution is 6.35. The Hall–Kier alpha value is -3.12. The van der Waals surface area contributed by atoms with E-state index in [-0.39, 0.29) is 24.5 Å². The van der Waals surface area contributed by atoms with Gasteiger partial charge in [-0.25, -0.2) is 0 Å². The third-order valence-electron chi connectivity index (χ3n) is 6.42. The van der Waals surface area contributed by atoms with E-state index in [0.717, 1.165) is 29.8 Å². The van der Waals surface area contributed by atoms with Gasteiger partial charge in [0, 0.05) is 31.9 Å². The van der Waals surface area contributed by atoms with Crippen LogP contribution in [0.4, 0.5) is 5.69 Å². The zero-order chi connectivity index (χ0) is 23.5. The number of anilines is 1. The molecular weight excluding hydrogens is 414 g/mol. The second kappa shape index (κ2) is 9.79. The van der Waals surface area contributed by atoms with Crippen LogP contribution >= 0.6 is 0 Å². The zero-order valence-corrected chi connectivity index (χ0v) is 20.0. The van der Waals surface area contributed by atoms with E-state index in [4.69, 9.17) is 4.74 Å². The number of aryl methyl sites for hydroxylation is 2. The van der Waals surface area contributed by atoms with Gasteiger partial charge < -0.3 is 14.5 Å². The Kier molecular flexibility index (Phi) is 6.84. The van der Waals surface area contributed by atoms with Crippen LogP contribution in [0.1, 0.15) is 30.5 Å². The molecule has 2 heterocycles. The van der Waals surface area contributed by atoms with Crippen LogP contribution in [0.15, 0.2) is 54.2 Å². The van der Waals surface area contributed by atoms with Gasteiger partial charge in [-0.1, -0.05) is 36.4 Å². The molecule has 2 aromatic carbocycles. The van der Waals surface area contributed by atoms with Gasteiger partial charge in [-0.3, -0.25) is 14.5 Å². The molecular formula is C27H33N3O3. The summed E-state index contributed by atoms with van der Waals surface area (Å²) in [5, 5.41) is 0. The van der Waals surface area contributed by atoms with Gasteiger partial charge in [-0.2, -0.15) is 0 Å². The smallest absolute Gasteiger partial charge is 0.277 e. The lowest BCUT2D eigenvalue weighted by molar-refractivity contribution is -0.138. The van der Waals surface area contributed by atoms with Crippen molar-refractivity contribution in [2.45, 2.75) is 33.8 Å². The summed E-state index contributed by atoms with van der Waals surface area (Å²) in [5.74, 6) is -0.440. The fraction of sp³-hybridized carbons (Fsp3) is 0.407. The normalized spacial score (nSPS) is 17.1. The largest absolute Gasteiger partial charge is 0.377 e. The first-order valence-corrected chi connectivity index (χ1v) is 11.7. The molecule has 1 fully saturated rings. The average Bonchev–Trinajstić information content (AvgIpc) is 3.06. The van der Waals surface area contributed by atoms with Crippen molar-refractivity contribution in [1.82, 2.24) is 9.80 Å². The van der Waals surface area contributed by atoms with E-state index in [2.05, 4.69) is 21.9 Å². The lowest BCUT2D eigenvalue weighted by Gasteiger charge is -2.37. The summed E-state index contributed by atoms with van der Waals surface area (Å²) in [5.41, 5.74) is 5.30. The highest BCUT2D eigenvalue weighted by atomic mass is 16.5. The number of carbonyl (C=O) groups excluding carboxylic acids is 2. The molecule has 33 heavy (non-hydrogen) atoms. The second-order valence-corrected chi connectivity index (χ2v) is 9.01. The van der Waals surface area contributed by atoms with Crippen molar-refractivity contribution < 1.29 is 14.3 Å². The maximum atomic E-state index is 13.5. The Balaban J connectivity index is 1.62. The van der Waals surface area contributed by atoms with Crippen LogP contribution in [0, 0.1) is 13.8 Å². The first-order valence-electron chi connectivity index (χ1n) is 11.7. The van der Waals surface area contributed by atoms with Crippen molar-refractivity contribution in [3.63, 3.8) is 0 Å². The van der Waals surface area contributed by atoms with Crippen molar-refractivity contribution >= 4 is 23.1 Å². The number of para-hydroxylation sites is 1. The summed E-state index contributed by atoms with van der Waals surface area (Å²) in [4.78, 5) is 32.8. The molecule has 0 atom stereocenters. The number of piperazine rings is 1. The van der Waals surface area contributed by atoms with Crippen LogP contribution in [0.25, 0.3) is 5.57 Å². The van der Waals surface area contributed by atoms with E-state index in [9.17, 15) is 9.59 Å². The number of ether oxygens (including phenoxy) is 1. The van der Waals surface area contributed by atoms with E-state index in [1.54, 1.807) is 0 Å². The van der Waals surface area contributed by atoms with Gasteiger partial charge >= 0.3 is 0 Å². The van der Waals surface area contributed by atoms with E-state index >= 15 is 0 Å². The average molecular weight is 448 g/mol. The van der Waals surface area contributed by atoms with Gasteiger partial charge in [-0.15, -0.1) is 0 Å². The van der Waals surface area contributed by atoms with Gasteiger partial charge in [0.25, 0.3) is 11.8 Å². The molecule has 2 aromatic rings. The second-order valence-electron chi connectivity index (χ2n) is 9.01. The predicted octanol–water partition coefficient (Wildman–Crippen LogP) is 3.63. The highest BCUT2D eigenvalue weighted by Crippen LogP contribution is 2.33. The molecule has 1 saturated heterocycles. The van der Waals surface area contributed by atoms with E-state index in [1.165, 1.54) is 10.6 Å². The Morgan fingerprint density at radius 3 is 2.15 bits per heavy atom. The number of amides is 2. The fourth-order valence-corrected chi connectivity index (χ4v) is 4.42.